The summed E-state index contributed by atoms with van der Waals surface area (Å²) >= 11 is 0.976. The maximum Gasteiger partial charge on any atom is 0.408 e. The smallest absolute Gasteiger partial charge is 0.395 e. The predicted molar refractivity (Wildman–Crippen MR) is 153 cm³/mol. The van der Waals surface area contributed by atoms with Crippen molar-refractivity contribution in [3.8, 4) is 0 Å². The third-order valence-electron chi connectivity index (χ3n) is 6.67. The molecular formula is C25H45N4O9PS. The van der Waals surface area contributed by atoms with Crippen molar-refractivity contribution in [1.82, 2.24) is 14.2 Å². The van der Waals surface area contributed by atoms with Crippen molar-refractivity contribution < 1.29 is 38.5 Å². The fourth-order valence-corrected chi connectivity index (χ4v) is 6.70. The van der Waals surface area contributed by atoms with E-state index < -0.39 is 49.5 Å². The lowest BCUT2D eigenvalue weighted by atomic mass is 9.96. The highest BCUT2D eigenvalue weighted by Crippen LogP contribution is 2.53. The van der Waals surface area contributed by atoms with Gasteiger partial charge in [-0.3, -0.25) is 18.4 Å². The van der Waals surface area contributed by atoms with E-state index in [0.717, 1.165) is 42.0 Å². The standard InChI is InChI=1S/C25H45N4O9PS/c1-6-8-11-28(12-9-7-2)39(35,36-14-15-40-22(32)24(3,4)17-30)37-16-18-20(31)25(5,34)21(38-18)29-13-10-19(26)27-23(29)33/h10,13,18,20-21,30-31,34H,6-9,11-12,14-17H2,1-5H3,(H2,26,27,33)/t18-,20-,21-,25-,39?/m1/s1. The lowest BCUT2D eigenvalue weighted by Gasteiger charge is -2.31. The van der Waals surface area contributed by atoms with Crippen LogP contribution in [0.25, 0.3) is 0 Å². The van der Waals surface area contributed by atoms with Crippen LogP contribution in [0.1, 0.15) is 66.5 Å². The van der Waals surface area contributed by atoms with Gasteiger partial charge in [-0.2, -0.15) is 4.98 Å². The third-order valence-corrected chi connectivity index (χ3v) is 9.93. The Morgan fingerprint density at radius 1 is 1.30 bits per heavy atom. The number of aliphatic hydroxyl groups excluding tert-OH is 2. The molecule has 0 aliphatic carbocycles. The molecule has 0 aromatic carbocycles. The molecule has 2 rings (SSSR count). The molecule has 1 aromatic rings. The maximum absolute atomic E-state index is 14.2. The SMILES string of the molecule is CCCCN(CCCC)P(=O)(OCCSC(=O)C(C)(C)CO)OC[C@H]1O[C@@H](n2ccc(N)nc2=O)[C@](C)(O)[C@@H]1O. The van der Waals surface area contributed by atoms with Gasteiger partial charge in [-0.1, -0.05) is 38.5 Å². The second-order valence-electron chi connectivity index (χ2n) is 10.7. The number of ether oxygens (including phenoxy) is 1. The molecule has 230 valence electrons. The molecule has 5 N–H and O–H groups in total. The average Bonchev–Trinajstić information content (AvgIpc) is 3.13. The largest absolute Gasteiger partial charge is 0.408 e. The topological polar surface area (TPSA) is 187 Å². The van der Waals surface area contributed by atoms with Crippen molar-refractivity contribution in [2.45, 2.75) is 84.3 Å². The second kappa shape index (κ2) is 15.2. The van der Waals surface area contributed by atoms with E-state index in [9.17, 15) is 29.5 Å². The van der Waals surface area contributed by atoms with Gasteiger partial charge in [0.2, 0.25) is 0 Å². The number of nitrogens with zero attached hydrogens (tertiary/aromatic N) is 3. The van der Waals surface area contributed by atoms with Crippen LogP contribution in [0.3, 0.4) is 0 Å². The van der Waals surface area contributed by atoms with E-state index in [1.165, 1.54) is 19.2 Å². The summed E-state index contributed by atoms with van der Waals surface area (Å²) < 4.78 is 34.3. The Hall–Kier alpha value is -1.35. The molecule has 15 heteroatoms. The number of anilines is 1. The number of aliphatic hydroxyl groups is 3. The van der Waals surface area contributed by atoms with Crippen LogP contribution in [0.15, 0.2) is 17.1 Å². The zero-order chi connectivity index (χ0) is 30.1. The van der Waals surface area contributed by atoms with E-state index >= 15 is 0 Å². The van der Waals surface area contributed by atoms with E-state index in [2.05, 4.69) is 4.98 Å². The fourth-order valence-electron chi connectivity index (χ4n) is 3.94. The summed E-state index contributed by atoms with van der Waals surface area (Å²) in [4.78, 5) is 28.4. The van der Waals surface area contributed by atoms with Gasteiger partial charge in [0, 0.05) is 25.0 Å². The van der Waals surface area contributed by atoms with E-state index in [0.29, 0.717) is 13.1 Å². The number of hydrogen-bond acceptors (Lipinski definition) is 12. The molecule has 0 saturated carbocycles. The van der Waals surface area contributed by atoms with Gasteiger partial charge in [-0.25, -0.2) is 14.0 Å². The van der Waals surface area contributed by atoms with Crippen LogP contribution < -0.4 is 11.4 Å². The van der Waals surface area contributed by atoms with E-state index in [-0.39, 0.29) is 29.9 Å². The number of carbonyl (C=O) groups is 1. The van der Waals surface area contributed by atoms with Crippen LogP contribution in [0.4, 0.5) is 5.82 Å². The predicted octanol–water partition coefficient (Wildman–Crippen LogP) is 2.16. The Balaban J connectivity index is 2.20. The lowest BCUT2D eigenvalue weighted by molar-refractivity contribution is -0.119. The molecule has 1 aromatic heterocycles. The first-order valence-electron chi connectivity index (χ1n) is 13.6. The van der Waals surface area contributed by atoms with Crippen LogP contribution in [0.2, 0.25) is 0 Å². The van der Waals surface area contributed by atoms with Gasteiger partial charge in [0.15, 0.2) is 11.3 Å². The van der Waals surface area contributed by atoms with Crippen molar-refractivity contribution in [3.63, 3.8) is 0 Å². The van der Waals surface area contributed by atoms with Crippen molar-refractivity contribution in [3.05, 3.63) is 22.7 Å². The highest BCUT2D eigenvalue weighted by atomic mass is 32.2. The molecule has 0 spiro atoms. The summed E-state index contributed by atoms with van der Waals surface area (Å²) in [6, 6.07) is 1.36. The molecule has 1 aliphatic rings. The van der Waals surface area contributed by atoms with Gasteiger partial charge in [0.05, 0.1) is 25.2 Å². The Kier molecular flexibility index (Phi) is 13.3. The van der Waals surface area contributed by atoms with Crippen LogP contribution in [-0.2, 0) is 23.1 Å². The van der Waals surface area contributed by atoms with Gasteiger partial charge < -0.3 is 25.8 Å². The third kappa shape index (κ3) is 8.83. The summed E-state index contributed by atoms with van der Waals surface area (Å²) in [7, 11) is -3.94. The molecule has 2 heterocycles. The van der Waals surface area contributed by atoms with Crippen LogP contribution in [-0.4, -0.2) is 91.1 Å². The summed E-state index contributed by atoms with van der Waals surface area (Å²) in [5, 5.41) is 31.1. The Labute approximate surface area is 240 Å². The lowest BCUT2D eigenvalue weighted by Crippen LogP contribution is -2.46. The molecule has 0 amide bonds. The Morgan fingerprint density at radius 2 is 1.93 bits per heavy atom. The minimum Gasteiger partial charge on any atom is -0.395 e. The number of unbranched alkanes of at least 4 members (excludes halogenated alkanes) is 2. The first-order valence-corrected chi connectivity index (χ1v) is 16.0. The van der Waals surface area contributed by atoms with Crippen molar-refractivity contribution >= 4 is 30.4 Å². The van der Waals surface area contributed by atoms with Crippen molar-refractivity contribution in [2.75, 3.05) is 44.4 Å². The first kappa shape index (κ1) is 34.8. The van der Waals surface area contributed by atoms with Crippen LogP contribution in [0.5, 0.6) is 0 Å². The quantitative estimate of drug-likeness (QED) is 0.149. The zero-order valence-electron chi connectivity index (χ0n) is 24.0. The van der Waals surface area contributed by atoms with Gasteiger partial charge in [-0.15, -0.1) is 0 Å². The molecule has 0 radical (unpaired) electrons. The fraction of sp³-hybridized carbons (Fsp3) is 0.800. The number of nitrogen functional groups attached to an aromatic ring is 1. The summed E-state index contributed by atoms with van der Waals surface area (Å²) in [6.45, 7) is 8.73. The van der Waals surface area contributed by atoms with Crippen LogP contribution >= 0.6 is 19.5 Å². The molecule has 0 bridgehead atoms. The van der Waals surface area contributed by atoms with E-state index in [4.69, 9.17) is 19.5 Å². The molecule has 1 fully saturated rings. The maximum atomic E-state index is 14.2. The number of nitrogens with two attached hydrogens (primary N) is 1. The monoisotopic (exact) mass is 608 g/mol. The van der Waals surface area contributed by atoms with Crippen molar-refractivity contribution in [2.24, 2.45) is 5.41 Å². The van der Waals surface area contributed by atoms with Crippen molar-refractivity contribution in [1.29, 1.82) is 0 Å². The number of hydrogen-bond donors (Lipinski definition) is 4. The number of rotatable bonds is 17. The summed E-state index contributed by atoms with van der Waals surface area (Å²) in [6.07, 6.45) is 0.541. The average molecular weight is 609 g/mol. The van der Waals surface area contributed by atoms with Gasteiger partial charge >= 0.3 is 13.4 Å². The normalized spacial score (nSPS) is 24.9. The molecular weight excluding hydrogens is 563 g/mol. The number of thioether (sulfide) groups is 1. The molecule has 40 heavy (non-hydrogen) atoms. The Morgan fingerprint density at radius 3 is 2.48 bits per heavy atom. The minimum absolute atomic E-state index is 0.00329. The molecule has 13 nitrogen and oxygen atoms in total. The first-order chi connectivity index (χ1) is 18.7. The minimum atomic E-state index is -3.94. The number of carbonyl (C=O) groups excluding carboxylic acids is 1. The van der Waals surface area contributed by atoms with E-state index in [1.807, 2.05) is 13.8 Å². The Bertz CT molecular complexity index is 1060. The molecule has 1 unspecified atom stereocenters. The van der Waals surface area contributed by atoms with Gasteiger partial charge in [0.1, 0.15) is 23.6 Å². The zero-order valence-corrected chi connectivity index (χ0v) is 25.7. The van der Waals surface area contributed by atoms with E-state index in [1.54, 1.807) is 18.5 Å². The molecule has 1 aliphatic heterocycles. The highest BCUT2D eigenvalue weighted by Gasteiger charge is 2.54. The highest BCUT2D eigenvalue weighted by molar-refractivity contribution is 8.13. The summed E-state index contributed by atoms with van der Waals surface area (Å²) in [5.41, 5.74) is 1.98. The molecule has 1 saturated heterocycles. The second-order valence-corrected chi connectivity index (χ2v) is 13.8. The molecule has 5 atom stereocenters. The van der Waals surface area contributed by atoms with Gasteiger partial charge in [0.25, 0.3) is 0 Å². The summed E-state index contributed by atoms with van der Waals surface area (Å²) in [5.74, 6) is 0.189. The number of aromatic nitrogens is 2. The van der Waals surface area contributed by atoms with Crippen LogP contribution in [0, 0.1) is 5.41 Å². The van der Waals surface area contributed by atoms with Gasteiger partial charge in [-0.05, 0) is 39.7 Å².